The van der Waals surface area contributed by atoms with Crippen LogP contribution in [0.3, 0.4) is 0 Å². The molecule has 3 nitrogen and oxygen atoms in total. The molecule has 0 heterocycles. The normalized spacial score (nSPS) is 12.7. The van der Waals surface area contributed by atoms with Crippen molar-refractivity contribution in [3.63, 3.8) is 0 Å². The molecule has 0 aliphatic rings. The second-order valence-corrected chi connectivity index (χ2v) is 2.59. The van der Waals surface area contributed by atoms with Crippen LogP contribution in [0.1, 0.15) is 13.8 Å². The molecule has 0 aromatic carbocycles. The lowest BCUT2D eigenvalue weighted by molar-refractivity contribution is 0.352. The topological polar surface area (TPSA) is 46.5 Å². The molecule has 0 saturated heterocycles. The summed E-state index contributed by atoms with van der Waals surface area (Å²) >= 11 is 0. The maximum Gasteiger partial charge on any atom is 0.747 e. The molecule has 1 unspecified atom stereocenters. The number of allylic oxidation sites excluding steroid dienone is 3. The first-order chi connectivity index (χ1) is 4.52. The Kier molecular flexibility index (Phi) is 3.93. The third-order valence-electron chi connectivity index (χ3n) is 0.672. The molecule has 1 atom stereocenters. The third-order valence-corrected chi connectivity index (χ3v) is 1.12. The van der Waals surface area contributed by atoms with E-state index in [1.54, 1.807) is 19.9 Å². The summed E-state index contributed by atoms with van der Waals surface area (Å²) in [6, 6.07) is 0. The highest BCUT2D eigenvalue weighted by Crippen LogP contribution is 2.20. The first-order valence-corrected chi connectivity index (χ1v) is 3.83. The Balaban J connectivity index is 3.95. The summed E-state index contributed by atoms with van der Waals surface area (Å²) in [6.45, 7) is 6.94. The molecular formula is C6H10O3P+. The molecule has 10 heavy (non-hydrogen) atoms. The summed E-state index contributed by atoms with van der Waals surface area (Å²) in [5.74, 6) is 0.399. The van der Waals surface area contributed by atoms with Gasteiger partial charge in [0.05, 0.1) is 0 Å². The minimum Gasteiger partial charge on any atom is -0.234 e. The van der Waals surface area contributed by atoms with Gasteiger partial charge in [0.25, 0.3) is 0 Å². The molecule has 0 saturated carbocycles. The van der Waals surface area contributed by atoms with Crippen LogP contribution < -0.4 is 0 Å². The van der Waals surface area contributed by atoms with Gasteiger partial charge < -0.3 is 0 Å². The van der Waals surface area contributed by atoms with E-state index in [9.17, 15) is 4.57 Å². The van der Waals surface area contributed by atoms with E-state index in [0.29, 0.717) is 5.76 Å². The fourth-order valence-electron chi connectivity index (χ4n) is 0.497. The zero-order valence-corrected chi connectivity index (χ0v) is 6.89. The molecule has 0 rings (SSSR count). The molecule has 56 valence electrons. The lowest BCUT2D eigenvalue weighted by Crippen LogP contribution is -1.76. The van der Waals surface area contributed by atoms with E-state index >= 15 is 0 Å². The summed E-state index contributed by atoms with van der Waals surface area (Å²) in [4.78, 5) is 8.25. The van der Waals surface area contributed by atoms with Crippen LogP contribution in [0, 0.1) is 0 Å². The first-order valence-electron chi connectivity index (χ1n) is 2.70. The smallest absolute Gasteiger partial charge is 0.234 e. The molecule has 0 fully saturated rings. The van der Waals surface area contributed by atoms with Crippen molar-refractivity contribution in [3.8, 4) is 0 Å². The largest absolute Gasteiger partial charge is 0.747 e. The summed E-state index contributed by atoms with van der Waals surface area (Å²) < 4.78 is 14.5. The molecule has 0 aliphatic carbocycles. The van der Waals surface area contributed by atoms with Gasteiger partial charge >= 0.3 is 8.25 Å². The highest BCUT2D eigenvalue weighted by molar-refractivity contribution is 7.32. The van der Waals surface area contributed by atoms with Gasteiger partial charge in [0, 0.05) is 4.57 Å². The van der Waals surface area contributed by atoms with Crippen LogP contribution in [0.5, 0.6) is 0 Å². The van der Waals surface area contributed by atoms with Gasteiger partial charge in [-0.05, 0) is 19.9 Å². The van der Waals surface area contributed by atoms with Crippen molar-refractivity contribution in [2.45, 2.75) is 13.8 Å². The lowest BCUT2D eigenvalue weighted by atomic mass is 10.3. The van der Waals surface area contributed by atoms with Crippen molar-refractivity contribution in [2.75, 3.05) is 0 Å². The summed E-state index contributed by atoms with van der Waals surface area (Å²) in [5, 5.41) is 0. The van der Waals surface area contributed by atoms with E-state index in [2.05, 4.69) is 11.1 Å². The minimum atomic E-state index is -2.53. The van der Waals surface area contributed by atoms with E-state index in [1.165, 1.54) is 0 Å². The Morgan fingerprint density at radius 2 is 2.20 bits per heavy atom. The monoisotopic (exact) mass is 161 g/mol. The van der Waals surface area contributed by atoms with Gasteiger partial charge in [-0.3, -0.25) is 0 Å². The third kappa shape index (κ3) is 5.48. The molecule has 0 aliphatic heterocycles. The zero-order chi connectivity index (χ0) is 8.15. The Bertz CT molecular complexity index is 183. The molecule has 0 amide bonds. The fraction of sp³-hybridized carbons (Fsp3) is 0.333. The van der Waals surface area contributed by atoms with Gasteiger partial charge in [0.1, 0.15) is 0 Å². The molecular weight excluding hydrogens is 151 g/mol. The maximum atomic E-state index is 10.0. The Hall–Kier alpha value is -0.660. The van der Waals surface area contributed by atoms with E-state index in [1.807, 2.05) is 0 Å². The van der Waals surface area contributed by atoms with E-state index in [4.69, 9.17) is 4.89 Å². The molecule has 0 bridgehead atoms. The SMILES string of the molecule is C=C(C)/C=C(/C)O[P+](=O)O. The van der Waals surface area contributed by atoms with E-state index in [0.717, 1.165) is 5.57 Å². The number of rotatable bonds is 3. The van der Waals surface area contributed by atoms with E-state index in [-0.39, 0.29) is 0 Å². The van der Waals surface area contributed by atoms with Crippen LogP contribution in [0.25, 0.3) is 0 Å². The minimum absolute atomic E-state index is 0.399. The quantitative estimate of drug-likeness (QED) is 0.391. The van der Waals surface area contributed by atoms with Gasteiger partial charge in [-0.1, -0.05) is 12.2 Å². The second-order valence-electron chi connectivity index (χ2n) is 1.93. The molecule has 0 radical (unpaired) electrons. The highest BCUT2D eigenvalue weighted by Gasteiger charge is 2.12. The molecule has 1 N–H and O–H groups in total. The number of hydrogen-bond donors (Lipinski definition) is 1. The van der Waals surface area contributed by atoms with Crippen LogP contribution >= 0.6 is 8.25 Å². The summed E-state index contributed by atoms with van der Waals surface area (Å²) in [5.41, 5.74) is 0.786. The predicted molar refractivity (Wildman–Crippen MR) is 39.5 cm³/mol. The van der Waals surface area contributed by atoms with Crippen molar-refractivity contribution < 1.29 is 14.0 Å². The van der Waals surface area contributed by atoms with Crippen LogP contribution in [0.4, 0.5) is 0 Å². The maximum absolute atomic E-state index is 10.0. The Morgan fingerprint density at radius 3 is 2.50 bits per heavy atom. The fourth-order valence-corrected chi connectivity index (χ4v) is 0.796. The van der Waals surface area contributed by atoms with Crippen molar-refractivity contribution in [3.05, 3.63) is 24.0 Å². The van der Waals surface area contributed by atoms with E-state index < -0.39 is 8.25 Å². The van der Waals surface area contributed by atoms with Crippen molar-refractivity contribution in [2.24, 2.45) is 0 Å². The van der Waals surface area contributed by atoms with Gasteiger partial charge in [-0.25, -0.2) is 4.52 Å². The lowest BCUT2D eigenvalue weighted by Gasteiger charge is -1.88. The van der Waals surface area contributed by atoms with Crippen molar-refractivity contribution in [1.29, 1.82) is 0 Å². The average molecular weight is 161 g/mol. The first kappa shape index (κ1) is 9.34. The average Bonchev–Trinajstić information content (AvgIpc) is 1.58. The molecule has 0 spiro atoms. The molecule has 0 aromatic rings. The second kappa shape index (κ2) is 4.20. The van der Waals surface area contributed by atoms with Crippen molar-refractivity contribution in [1.82, 2.24) is 0 Å². The number of hydrogen-bond acceptors (Lipinski definition) is 2. The summed E-state index contributed by atoms with van der Waals surface area (Å²) in [6.07, 6.45) is 1.59. The van der Waals surface area contributed by atoms with Crippen LogP contribution in [0.15, 0.2) is 24.0 Å². The van der Waals surface area contributed by atoms with Gasteiger partial charge in [-0.15, -0.1) is 4.89 Å². The van der Waals surface area contributed by atoms with Gasteiger partial charge in [0.2, 0.25) is 0 Å². The predicted octanol–water partition coefficient (Wildman–Crippen LogP) is 2.13. The Labute approximate surface area is 61.0 Å². The van der Waals surface area contributed by atoms with Crippen LogP contribution in [-0.4, -0.2) is 4.89 Å². The zero-order valence-electron chi connectivity index (χ0n) is 6.00. The van der Waals surface area contributed by atoms with Crippen molar-refractivity contribution >= 4 is 8.25 Å². The molecule has 4 heteroatoms. The van der Waals surface area contributed by atoms with Gasteiger partial charge in [-0.2, -0.15) is 0 Å². The highest BCUT2D eigenvalue weighted by atomic mass is 31.1. The molecule has 0 aromatic heterocycles. The van der Waals surface area contributed by atoms with Crippen LogP contribution in [0.2, 0.25) is 0 Å². The van der Waals surface area contributed by atoms with Gasteiger partial charge in [0.15, 0.2) is 5.76 Å². The van der Waals surface area contributed by atoms with Crippen LogP contribution in [-0.2, 0) is 9.09 Å². The Morgan fingerprint density at radius 1 is 1.70 bits per heavy atom. The summed E-state index contributed by atoms with van der Waals surface area (Å²) in [7, 11) is -2.53. The standard InChI is InChI=1S/C6H9O3P/c1-5(2)4-6(3)9-10(7)8/h4H,1H2,2-3H3/p+1/b6-4-.